The molecule has 0 heterocycles. The van der Waals surface area contributed by atoms with E-state index >= 15 is 0 Å². The first-order chi connectivity index (χ1) is 17.7. The summed E-state index contributed by atoms with van der Waals surface area (Å²) < 4.78 is 23.4. The number of nitrogens with one attached hydrogen (secondary N) is 5. The van der Waals surface area contributed by atoms with Crippen molar-refractivity contribution in [3.63, 3.8) is 0 Å². The van der Waals surface area contributed by atoms with Crippen LogP contribution in [0.4, 0.5) is 0 Å². The molecular formula is C26H43N6O4S+. The number of benzene rings is 2. The number of hydrogen-bond donors (Lipinski definition) is 6. The Kier molecular flexibility index (Phi) is 15.8. The molecule has 37 heavy (non-hydrogen) atoms. The minimum atomic E-state index is -3.81. The predicted molar refractivity (Wildman–Crippen MR) is 144 cm³/mol. The van der Waals surface area contributed by atoms with Crippen molar-refractivity contribution in [2.45, 2.75) is 45.3 Å². The third-order valence-electron chi connectivity index (χ3n) is 5.03. The molecule has 2 aromatic rings. The van der Waals surface area contributed by atoms with E-state index in [-0.39, 0.29) is 11.2 Å². The Balaban J connectivity index is 0.000000377. The topological polar surface area (TPSA) is 153 Å². The van der Waals surface area contributed by atoms with Gasteiger partial charge in [-0.1, -0.05) is 49.4 Å². The maximum Gasteiger partial charge on any atom is 0.344 e. The minimum absolute atomic E-state index is 0.00138. The molecule has 11 heteroatoms. The van der Waals surface area contributed by atoms with Crippen LogP contribution in [0.5, 0.6) is 0 Å². The van der Waals surface area contributed by atoms with Crippen LogP contribution in [0.1, 0.15) is 38.8 Å². The Labute approximate surface area is 221 Å². The van der Waals surface area contributed by atoms with Gasteiger partial charge in [-0.25, -0.2) is 13.7 Å². The summed E-state index contributed by atoms with van der Waals surface area (Å²) in [4.78, 5) is 13.7. The van der Waals surface area contributed by atoms with Gasteiger partial charge in [-0.3, -0.25) is 20.9 Å². The molecule has 2 aromatic carbocycles. The van der Waals surface area contributed by atoms with Crippen molar-refractivity contribution in [2.24, 2.45) is 0 Å². The summed E-state index contributed by atoms with van der Waals surface area (Å²) in [6, 6.07) is 16.0. The van der Waals surface area contributed by atoms with E-state index in [1.807, 2.05) is 30.3 Å². The molecule has 0 aromatic heterocycles. The van der Waals surface area contributed by atoms with Gasteiger partial charge in [0.2, 0.25) is 0 Å². The lowest BCUT2D eigenvalue weighted by Crippen LogP contribution is -2.98. The zero-order valence-corrected chi connectivity index (χ0v) is 23.2. The van der Waals surface area contributed by atoms with E-state index in [2.05, 4.69) is 59.3 Å². The number of carbonyl (C=O) groups is 1. The van der Waals surface area contributed by atoms with Crippen molar-refractivity contribution < 1.29 is 28.6 Å². The number of carboxylic acid groups (broad SMARTS) is 1. The van der Waals surface area contributed by atoms with Crippen molar-refractivity contribution in [3.05, 3.63) is 65.7 Å². The Morgan fingerprint density at radius 1 is 0.892 bits per heavy atom. The molecule has 0 saturated heterocycles. The lowest BCUT2D eigenvalue weighted by Gasteiger charge is -2.15. The molecule has 0 fully saturated rings. The largest absolute Gasteiger partial charge is 0.549 e. The van der Waals surface area contributed by atoms with Gasteiger partial charge in [-0.15, -0.1) is 0 Å². The number of aliphatic carboxylic acids is 1. The van der Waals surface area contributed by atoms with E-state index in [0.717, 1.165) is 49.9 Å². The van der Waals surface area contributed by atoms with Crippen molar-refractivity contribution >= 4 is 21.8 Å². The second kappa shape index (κ2) is 18.3. The van der Waals surface area contributed by atoms with Crippen molar-refractivity contribution in [3.8, 4) is 0 Å². The minimum Gasteiger partial charge on any atom is -0.549 e. The zero-order chi connectivity index (χ0) is 27.5. The molecular weight excluding hydrogens is 492 g/mol. The smallest absolute Gasteiger partial charge is 0.344 e. The van der Waals surface area contributed by atoms with E-state index in [0.29, 0.717) is 6.42 Å². The SMILES string of the molecule is CCNC(NCC)=[NH+]CNC(NCC)[NH2+]CC.O=C([O-])CS(=O)(=O)c1ccc(Cc2ccccc2)cc1. The normalized spacial score (nSPS) is 11.6. The second-order valence-electron chi connectivity index (χ2n) is 8.11. The number of carbonyl (C=O) groups excluding carboxylic acids is 1. The molecule has 0 aliphatic rings. The molecule has 206 valence electrons. The Bertz CT molecular complexity index is 1020. The van der Waals surface area contributed by atoms with E-state index < -0.39 is 21.6 Å². The molecule has 1 atom stereocenters. The Hall–Kier alpha value is -2.99. The van der Waals surface area contributed by atoms with Gasteiger partial charge >= 0.3 is 5.96 Å². The number of nitrogens with two attached hydrogens (primary N) is 1. The molecule has 2 rings (SSSR count). The van der Waals surface area contributed by atoms with Gasteiger partial charge in [0, 0.05) is 0 Å². The molecule has 0 spiro atoms. The van der Waals surface area contributed by atoms with Crippen molar-refractivity contribution in [1.29, 1.82) is 0 Å². The summed E-state index contributed by atoms with van der Waals surface area (Å²) in [6.07, 6.45) is 0.962. The molecule has 1 unspecified atom stereocenters. The molecule has 0 amide bonds. The molecule has 0 aliphatic heterocycles. The van der Waals surface area contributed by atoms with E-state index in [1.54, 1.807) is 12.1 Å². The van der Waals surface area contributed by atoms with Crippen LogP contribution in [0.2, 0.25) is 0 Å². The van der Waals surface area contributed by atoms with Crippen LogP contribution in [-0.4, -0.2) is 65.2 Å². The second-order valence-corrected chi connectivity index (χ2v) is 10.1. The third-order valence-corrected chi connectivity index (χ3v) is 6.64. The van der Waals surface area contributed by atoms with E-state index in [1.165, 1.54) is 12.1 Å². The first-order valence-corrected chi connectivity index (χ1v) is 14.3. The van der Waals surface area contributed by atoms with E-state index in [4.69, 9.17) is 0 Å². The average molecular weight is 536 g/mol. The number of rotatable bonds is 14. The fourth-order valence-corrected chi connectivity index (χ4v) is 4.40. The fraction of sp³-hybridized carbons (Fsp3) is 0.462. The van der Waals surface area contributed by atoms with Gasteiger partial charge in [-0.2, -0.15) is 0 Å². The quantitative estimate of drug-likeness (QED) is 0.0880. The number of guanidine groups is 1. The van der Waals surface area contributed by atoms with Gasteiger partial charge in [0.05, 0.1) is 36.3 Å². The van der Waals surface area contributed by atoms with Gasteiger partial charge in [0.25, 0.3) is 0 Å². The third kappa shape index (κ3) is 13.8. The van der Waals surface area contributed by atoms with Gasteiger partial charge in [0.15, 0.2) is 16.1 Å². The monoisotopic (exact) mass is 535 g/mol. The molecule has 0 radical (unpaired) electrons. The Morgan fingerprint density at radius 2 is 1.49 bits per heavy atom. The Morgan fingerprint density at radius 3 is 2.00 bits per heavy atom. The van der Waals surface area contributed by atoms with Gasteiger partial charge < -0.3 is 15.2 Å². The highest BCUT2D eigenvalue weighted by Gasteiger charge is 2.14. The fourth-order valence-electron chi connectivity index (χ4n) is 3.37. The summed E-state index contributed by atoms with van der Waals surface area (Å²) in [5, 5.41) is 25.9. The summed E-state index contributed by atoms with van der Waals surface area (Å²) >= 11 is 0. The highest BCUT2D eigenvalue weighted by molar-refractivity contribution is 7.92. The highest BCUT2D eigenvalue weighted by atomic mass is 32.2. The number of carboxylic acids is 1. The van der Waals surface area contributed by atoms with E-state index in [9.17, 15) is 18.3 Å². The van der Waals surface area contributed by atoms with Crippen LogP contribution in [0.3, 0.4) is 0 Å². The molecule has 0 bridgehead atoms. The summed E-state index contributed by atoms with van der Waals surface area (Å²) in [7, 11) is -3.81. The van der Waals surface area contributed by atoms with Crippen LogP contribution >= 0.6 is 0 Å². The number of hydrogen-bond acceptors (Lipinski definition) is 6. The number of sulfone groups is 1. The lowest BCUT2D eigenvalue weighted by molar-refractivity contribution is -0.701. The number of quaternary nitrogens is 1. The summed E-state index contributed by atoms with van der Waals surface area (Å²) in [5.74, 6) is -1.61. The zero-order valence-electron chi connectivity index (χ0n) is 22.3. The first-order valence-electron chi connectivity index (χ1n) is 12.7. The van der Waals surface area contributed by atoms with Crippen LogP contribution < -0.4 is 36.7 Å². The predicted octanol–water partition coefficient (Wildman–Crippen LogP) is -2.53. The van der Waals surface area contributed by atoms with Crippen LogP contribution in [-0.2, 0) is 21.1 Å². The lowest BCUT2D eigenvalue weighted by atomic mass is 10.1. The average Bonchev–Trinajstić information content (AvgIpc) is 2.85. The maximum absolute atomic E-state index is 11.7. The van der Waals surface area contributed by atoms with Crippen LogP contribution in [0.15, 0.2) is 59.5 Å². The summed E-state index contributed by atoms with van der Waals surface area (Å²) in [6.45, 7) is 13.0. The van der Waals surface area contributed by atoms with Gasteiger partial charge in [0.1, 0.15) is 6.67 Å². The standard InChI is InChI=1S/C15H14O4S.C11H28N6/c16-15(17)11-20(18,19)14-8-6-13(7-9-14)10-12-4-2-1-3-5-12;1-5-12-10(13-6-2)16-9-17-11(14-7-3)15-8-4/h1-9H,10-11H2,(H,16,17);10,12-13,16H,5-9H2,1-4H3,(H2,14,15,17)/p+1. The molecule has 10 nitrogen and oxygen atoms in total. The molecule has 0 aliphatic carbocycles. The van der Waals surface area contributed by atoms with Crippen molar-refractivity contribution in [1.82, 2.24) is 21.3 Å². The van der Waals surface area contributed by atoms with Crippen LogP contribution in [0, 0.1) is 0 Å². The highest BCUT2D eigenvalue weighted by Crippen LogP contribution is 2.15. The maximum atomic E-state index is 11.7. The first kappa shape index (κ1) is 32.0. The van der Waals surface area contributed by atoms with Crippen LogP contribution in [0.25, 0.3) is 0 Å². The molecule has 0 saturated carbocycles. The van der Waals surface area contributed by atoms with Crippen molar-refractivity contribution in [2.75, 3.05) is 38.6 Å². The summed E-state index contributed by atoms with van der Waals surface area (Å²) in [5.41, 5.74) is 2.08. The molecule has 7 N–H and O–H groups in total. The van der Waals surface area contributed by atoms with Gasteiger partial charge in [-0.05, 0) is 57.0 Å².